The van der Waals surface area contributed by atoms with Crippen LogP contribution in [-0.2, 0) is 23.3 Å². The zero-order valence-electron chi connectivity index (χ0n) is 16.6. The average molecular weight is 389 g/mol. The first-order valence-corrected chi connectivity index (χ1v) is 11.2. The number of carbonyl (C=O) groups is 1. The minimum atomic E-state index is -3.33. The summed E-state index contributed by atoms with van der Waals surface area (Å²) < 4.78 is 27.6. The zero-order valence-corrected chi connectivity index (χ0v) is 17.4. The Morgan fingerprint density at radius 2 is 1.89 bits per heavy atom. The second kappa shape index (κ2) is 7.58. The maximum atomic E-state index is 12.9. The molecule has 5 nitrogen and oxygen atoms in total. The monoisotopic (exact) mass is 388 g/mol. The third kappa shape index (κ3) is 3.47. The summed E-state index contributed by atoms with van der Waals surface area (Å²) in [6, 6.07) is 3.44. The quantitative estimate of drug-likeness (QED) is 0.718. The van der Waals surface area contributed by atoms with Crippen LogP contribution in [0.15, 0.2) is 23.2 Å². The van der Waals surface area contributed by atoms with Gasteiger partial charge in [0.2, 0.25) is 0 Å². The van der Waals surface area contributed by atoms with Crippen LogP contribution in [0.4, 0.5) is 0 Å². The number of carbonyl (C=O) groups excluding carboxylic acids is 1. The lowest BCUT2D eigenvalue weighted by molar-refractivity contribution is 0.100. The van der Waals surface area contributed by atoms with Crippen molar-refractivity contribution in [3.63, 3.8) is 0 Å². The smallest absolute Gasteiger partial charge is 0.182 e. The molecule has 0 unspecified atom stereocenters. The molecule has 2 aromatic rings. The van der Waals surface area contributed by atoms with Gasteiger partial charge in [-0.3, -0.25) is 9.78 Å². The molecule has 146 valence electrons. The van der Waals surface area contributed by atoms with Gasteiger partial charge in [-0.25, -0.2) is 8.42 Å². The van der Waals surface area contributed by atoms with Crippen LogP contribution in [0, 0.1) is 6.92 Å². The van der Waals surface area contributed by atoms with E-state index in [1.54, 1.807) is 19.1 Å². The van der Waals surface area contributed by atoms with Gasteiger partial charge in [0.15, 0.2) is 15.6 Å². The van der Waals surface area contributed by atoms with Crippen LogP contribution >= 0.6 is 0 Å². The molecule has 0 spiro atoms. The molecule has 6 heteroatoms. The summed E-state index contributed by atoms with van der Waals surface area (Å²) in [7, 11) is -1.46. The number of ketones is 1. The van der Waals surface area contributed by atoms with E-state index in [0.29, 0.717) is 16.3 Å². The highest BCUT2D eigenvalue weighted by molar-refractivity contribution is 7.92. The Balaban J connectivity index is 2.01. The fraction of sp³-hybridized carbons (Fsp3) is 0.524. The lowest BCUT2D eigenvalue weighted by Gasteiger charge is -2.21. The highest BCUT2D eigenvalue weighted by Gasteiger charge is 2.29. The fourth-order valence-electron chi connectivity index (χ4n) is 4.40. The molecule has 1 fully saturated rings. The number of nitrogens with zero attached hydrogens (tertiary/aromatic N) is 2. The van der Waals surface area contributed by atoms with Gasteiger partial charge in [0.05, 0.1) is 27.2 Å². The van der Waals surface area contributed by atoms with Crippen molar-refractivity contribution in [3.05, 3.63) is 35.2 Å². The molecular weight excluding hydrogens is 360 g/mol. The van der Waals surface area contributed by atoms with Crippen LogP contribution in [0.1, 0.15) is 67.6 Å². The molecule has 0 atom stereocenters. The van der Waals surface area contributed by atoms with Gasteiger partial charge >= 0.3 is 0 Å². The molecule has 0 aliphatic heterocycles. The molecule has 1 aliphatic carbocycles. The van der Waals surface area contributed by atoms with Crippen LogP contribution in [0.2, 0.25) is 0 Å². The highest BCUT2D eigenvalue weighted by Crippen LogP contribution is 2.32. The van der Waals surface area contributed by atoms with E-state index in [0.717, 1.165) is 55.3 Å². The van der Waals surface area contributed by atoms with Gasteiger partial charge in [0, 0.05) is 20.2 Å². The van der Waals surface area contributed by atoms with Crippen molar-refractivity contribution in [2.45, 2.75) is 69.4 Å². The topological polar surface area (TPSA) is 69.0 Å². The van der Waals surface area contributed by atoms with Crippen LogP contribution < -0.4 is 0 Å². The van der Waals surface area contributed by atoms with E-state index in [2.05, 4.69) is 11.9 Å². The third-order valence-electron chi connectivity index (χ3n) is 5.75. The minimum absolute atomic E-state index is 0.0208. The average Bonchev–Trinajstić information content (AvgIpc) is 2.92. The molecule has 0 radical (unpaired) electrons. The maximum Gasteiger partial charge on any atom is 0.182 e. The maximum absolute atomic E-state index is 12.9. The van der Waals surface area contributed by atoms with E-state index in [1.165, 1.54) is 6.20 Å². The van der Waals surface area contributed by atoms with Crippen LogP contribution in [0.3, 0.4) is 0 Å². The van der Waals surface area contributed by atoms with Crippen molar-refractivity contribution < 1.29 is 13.2 Å². The summed E-state index contributed by atoms with van der Waals surface area (Å²) in [5.74, 6) is 0.0208. The first-order valence-electron chi connectivity index (χ1n) is 9.68. The van der Waals surface area contributed by atoms with Crippen LogP contribution in [0.25, 0.3) is 11.4 Å². The van der Waals surface area contributed by atoms with Crippen molar-refractivity contribution in [2.75, 3.05) is 0 Å². The molecule has 27 heavy (non-hydrogen) atoms. The molecule has 0 saturated heterocycles. The number of pyridine rings is 1. The summed E-state index contributed by atoms with van der Waals surface area (Å²) in [4.78, 5) is 16.8. The number of Topliss-reactive ketones (excluding diaryl/α,β-unsaturated/α-hetero) is 1. The Morgan fingerprint density at radius 1 is 1.22 bits per heavy atom. The van der Waals surface area contributed by atoms with E-state index in [-0.39, 0.29) is 11.0 Å². The van der Waals surface area contributed by atoms with Crippen LogP contribution in [0.5, 0.6) is 0 Å². The summed E-state index contributed by atoms with van der Waals surface area (Å²) in [5, 5.41) is -0.285. The predicted octanol–water partition coefficient (Wildman–Crippen LogP) is 4.27. The van der Waals surface area contributed by atoms with Crippen molar-refractivity contribution in [1.82, 2.24) is 9.55 Å². The molecule has 0 N–H and O–H groups in total. The van der Waals surface area contributed by atoms with Gasteiger partial charge in [-0.05, 0) is 49.4 Å². The lowest BCUT2D eigenvalue weighted by Crippen LogP contribution is -2.24. The molecule has 0 bridgehead atoms. The molecule has 0 aromatic carbocycles. The number of sulfone groups is 1. The number of aromatic nitrogens is 2. The van der Waals surface area contributed by atoms with E-state index >= 15 is 0 Å². The number of hydrogen-bond acceptors (Lipinski definition) is 4. The summed E-state index contributed by atoms with van der Waals surface area (Å²) in [6.07, 6.45) is 6.82. The Hall–Kier alpha value is -1.95. The van der Waals surface area contributed by atoms with Gasteiger partial charge in [-0.15, -0.1) is 0 Å². The summed E-state index contributed by atoms with van der Waals surface area (Å²) in [6.45, 7) is 5.58. The predicted molar refractivity (Wildman–Crippen MR) is 107 cm³/mol. The second-order valence-electron chi connectivity index (χ2n) is 7.45. The van der Waals surface area contributed by atoms with Crippen molar-refractivity contribution in [3.8, 4) is 11.4 Å². The lowest BCUT2D eigenvalue weighted by atomic mass is 10.0. The molecule has 0 amide bonds. The van der Waals surface area contributed by atoms with Crippen LogP contribution in [-0.4, -0.2) is 29.0 Å². The number of hydrogen-bond donors (Lipinski definition) is 0. The standard InChI is InChI=1S/C21H28N2O3S/c1-5-18-14(2)20(15(3)24)23(4)21(18)19-12-11-17(13-22-19)27(25,26)16-9-7-6-8-10-16/h11-13,16H,5-10H2,1-4H3. The van der Waals surface area contributed by atoms with Crippen molar-refractivity contribution in [2.24, 2.45) is 7.05 Å². The third-order valence-corrected chi connectivity index (χ3v) is 8.00. The van der Waals surface area contributed by atoms with Gasteiger partial charge in [0.25, 0.3) is 0 Å². The van der Waals surface area contributed by atoms with E-state index in [1.807, 2.05) is 18.5 Å². The van der Waals surface area contributed by atoms with Gasteiger partial charge in [-0.2, -0.15) is 0 Å². The van der Waals surface area contributed by atoms with Crippen molar-refractivity contribution >= 4 is 15.6 Å². The summed E-state index contributed by atoms with van der Waals surface area (Å²) in [5.41, 5.74) is 4.33. The largest absolute Gasteiger partial charge is 0.340 e. The fourth-order valence-corrected chi connectivity index (χ4v) is 6.20. The Bertz CT molecular complexity index is 950. The molecular formula is C21H28N2O3S. The molecule has 2 aromatic heterocycles. The van der Waals surface area contributed by atoms with E-state index < -0.39 is 9.84 Å². The van der Waals surface area contributed by atoms with E-state index in [9.17, 15) is 13.2 Å². The zero-order chi connectivity index (χ0) is 19.8. The first kappa shape index (κ1) is 19.8. The Kier molecular flexibility index (Phi) is 5.56. The first-order chi connectivity index (χ1) is 12.8. The normalized spacial score (nSPS) is 15.9. The summed E-state index contributed by atoms with van der Waals surface area (Å²) >= 11 is 0. The molecule has 1 aliphatic rings. The SMILES string of the molecule is CCc1c(C)c(C(C)=O)n(C)c1-c1ccc(S(=O)(=O)C2CCCCC2)cn1. The van der Waals surface area contributed by atoms with Gasteiger partial charge in [-0.1, -0.05) is 26.2 Å². The highest BCUT2D eigenvalue weighted by atomic mass is 32.2. The number of rotatable bonds is 5. The molecule has 2 heterocycles. The van der Waals surface area contributed by atoms with Gasteiger partial charge < -0.3 is 4.57 Å². The van der Waals surface area contributed by atoms with Gasteiger partial charge in [0.1, 0.15) is 0 Å². The second-order valence-corrected chi connectivity index (χ2v) is 9.68. The Morgan fingerprint density at radius 3 is 2.41 bits per heavy atom. The Labute approximate surface area is 161 Å². The molecule has 3 rings (SSSR count). The van der Waals surface area contributed by atoms with Crippen molar-refractivity contribution in [1.29, 1.82) is 0 Å². The molecule has 1 saturated carbocycles. The minimum Gasteiger partial charge on any atom is -0.340 e. The van der Waals surface area contributed by atoms with E-state index in [4.69, 9.17) is 0 Å².